The van der Waals surface area contributed by atoms with E-state index in [1.165, 1.54) is 11.1 Å². The molecule has 0 aliphatic carbocycles. The number of hydrogen-bond acceptors (Lipinski definition) is 5. The Balaban J connectivity index is 1.39. The second-order valence-electron chi connectivity index (χ2n) is 5.78. The maximum Gasteiger partial charge on any atom is 0.163 e. The van der Waals surface area contributed by atoms with Gasteiger partial charge in [0.15, 0.2) is 5.17 Å². The lowest BCUT2D eigenvalue weighted by Gasteiger charge is -2.16. The highest BCUT2D eigenvalue weighted by Crippen LogP contribution is 2.30. The van der Waals surface area contributed by atoms with Gasteiger partial charge in [0.25, 0.3) is 0 Å². The molecule has 124 valence electrons. The van der Waals surface area contributed by atoms with Gasteiger partial charge in [0, 0.05) is 42.2 Å². The van der Waals surface area contributed by atoms with Gasteiger partial charge in [0.2, 0.25) is 0 Å². The van der Waals surface area contributed by atoms with Crippen molar-refractivity contribution >= 4 is 16.9 Å². The van der Waals surface area contributed by atoms with Crippen LogP contribution in [-0.2, 0) is 13.0 Å². The van der Waals surface area contributed by atoms with E-state index in [2.05, 4.69) is 38.5 Å². The minimum atomic E-state index is 0.669. The summed E-state index contributed by atoms with van der Waals surface area (Å²) >= 11 is 1.60. The zero-order valence-corrected chi connectivity index (χ0v) is 14.5. The summed E-state index contributed by atoms with van der Waals surface area (Å²) < 4.78 is 0. The number of nitrogens with one attached hydrogen (secondary N) is 1. The molecule has 1 aliphatic rings. The molecule has 3 aromatic rings. The topological polar surface area (TPSA) is 50.2 Å². The molecular formula is C20H18N4S. The first kappa shape index (κ1) is 15.8. The van der Waals surface area contributed by atoms with E-state index >= 15 is 0 Å². The SMILES string of the molecule is c1ccc(-c2cnc3c(c2)CN=C(NCCc2ccccn2)S3)cc1. The Morgan fingerprint density at radius 1 is 0.960 bits per heavy atom. The Kier molecular flexibility index (Phi) is 4.74. The number of pyridine rings is 2. The van der Waals surface area contributed by atoms with E-state index in [4.69, 9.17) is 0 Å². The van der Waals surface area contributed by atoms with Gasteiger partial charge < -0.3 is 5.32 Å². The normalized spacial score (nSPS) is 13.0. The zero-order chi connectivity index (χ0) is 16.9. The molecule has 0 saturated heterocycles. The lowest BCUT2D eigenvalue weighted by molar-refractivity contribution is 0.836. The quantitative estimate of drug-likeness (QED) is 0.777. The van der Waals surface area contributed by atoms with Crippen LogP contribution in [0.1, 0.15) is 11.3 Å². The third kappa shape index (κ3) is 3.88. The lowest BCUT2D eigenvalue weighted by Crippen LogP contribution is -2.25. The maximum absolute atomic E-state index is 4.64. The van der Waals surface area contributed by atoms with E-state index in [0.29, 0.717) is 6.54 Å². The van der Waals surface area contributed by atoms with Gasteiger partial charge in [-0.25, -0.2) is 4.98 Å². The number of fused-ring (bicyclic) bond motifs is 1. The van der Waals surface area contributed by atoms with Crippen LogP contribution in [0.3, 0.4) is 0 Å². The number of aromatic nitrogens is 2. The van der Waals surface area contributed by atoms with Crippen LogP contribution in [0.15, 0.2) is 77.0 Å². The molecule has 4 nitrogen and oxygen atoms in total. The first-order valence-corrected chi connectivity index (χ1v) is 9.10. The van der Waals surface area contributed by atoms with Gasteiger partial charge in [0.1, 0.15) is 5.03 Å². The summed E-state index contributed by atoms with van der Waals surface area (Å²) in [6.07, 6.45) is 4.65. The van der Waals surface area contributed by atoms with Crippen molar-refractivity contribution in [1.82, 2.24) is 15.3 Å². The summed E-state index contributed by atoms with van der Waals surface area (Å²) in [5.41, 5.74) is 4.59. The number of nitrogens with zero attached hydrogens (tertiary/aromatic N) is 3. The number of hydrogen-bond donors (Lipinski definition) is 1. The highest BCUT2D eigenvalue weighted by molar-refractivity contribution is 8.13. The molecule has 25 heavy (non-hydrogen) atoms. The Morgan fingerprint density at radius 2 is 1.84 bits per heavy atom. The monoisotopic (exact) mass is 346 g/mol. The van der Waals surface area contributed by atoms with Crippen LogP contribution in [0.4, 0.5) is 0 Å². The van der Waals surface area contributed by atoms with Crippen molar-refractivity contribution in [2.75, 3.05) is 6.54 Å². The number of benzene rings is 1. The van der Waals surface area contributed by atoms with Crippen molar-refractivity contribution in [3.63, 3.8) is 0 Å². The van der Waals surface area contributed by atoms with Gasteiger partial charge >= 0.3 is 0 Å². The third-order valence-electron chi connectivity index (χ3n) is 4.00. The zero-order valence-electron chi connectivity index (χ0n) is 13.7. The number of amidine groups is 1. The molecule has 1 aliphatic heterocycles. The van der Waals surface area contributed by atoms with Crippen LogP contribution in [0.2, 0.25) is 0 Å². The molecule has 0 spiro atoms. The van der Waals surface area contributed by atoms with E-state index in [9.17, 15) is 0 Å². The van der Waals surface area contributed by atoms with Crippen LogP contribution in [0, 0.1) is 0 Å². The maximum atomic E-state index is 4.64. The highest BCUT2D eigenvalue weighted by Gasteiger charge is 2.15. The van der Waals surface area contributed by atoms with Crippen molar-refractivity contribution in [1.29, 1.82) is 0 Å². The Bertz CT molecular complexity index is 879. The molecule has 2 aromatic heterocycles. The number of rotatable bonds is 4. The van der Waals surface area contributed by atoms with Gasteiger partial charge in [-0.15, -0.1) is 0 Å². The average molecular weight is 346 g/mol. The van der Waals surface area contributed by atoms with E-state index in [0.717, 1.165) is 34.4 Å². The molecule has 0 unspecified atom stereocenters. The molecule has 1 aromatic carbocycles. The highest BCUT2D eigenvalue weighted by atomic mass is 32.2. The third-order valence-corrected chi connectivity index (χ3v) is 5.03. The fourth-order valence-corrected chi connectivity index (χ4v) is 3.55. The molecule has 0 atom stereocenters. The van der Waals surface area contributed by atoms with Gasteiger partial charge in [-0.3, -0.25) is 9.98 Å². The summed E-state index contributed by atoms with van der Waals surface area (Å²) in [6.45, 7) is 1.49. The molecule has 0 radical (unpaired) electrons. The summed E-state index contributed by atoms with van der Waals surface area (Å²) in [5.74, 6) is 0. The molecule has 0 amide bonds. The molecular weight excluding hydrogens is 328 g/mol. The van der Waals surface area contributed by atoms with Crippen LogP contribution in [-0.4, -0.2) is 21.7 Å². The first-order chi connectivity index (χ1) is 12.4. The van der Waals surface area contributed by atoms with E-state index < -0.39 is 0 Å². The second-order valence-corrected chi connectivity index (χ2v) is 6.75. The van der Waals surface area contributed by atoms with Crippen LogP contribution in [0.5, 0.6) is 0 Å². The fraction of sp³-hybridized carbons (Fsp3) is 0.150. The number of aliphatic imine (C=N–C) groups is 1. The Morgan fingerprint density at radius 3 is 2.68 bits per heavy atom. The summed E-state index contributed by atoms with van der Waals surface area (Å²) in [6, 6.07) is 18.5. The first-order valence-electron chi connectivity index (χ1n) is 8.29. The van der Waals surface area contributed by atoms with E-state index in [-0.39, 0.29) is 0 Å². The van der Waals surface area contributed by atoms with E-state index in [1.54, 1.807) is 11.8 Å². The van der Waals surface area contributed by atoms with Gasteiger partial charge in [-0.1, -0.05) is 36.4 Å². The van der Waals surface area contributed by atoms with Crippen LogP contribution >= 0.6 is 11.8 Å². The number of thioether (sulfide) groups is 1. The van der Waals surface area contributed by atoms with Crippen molar-refractivity contribution in [3.8, 4) is 11.1 Å². The molecule has 3 heterocycles. The van der Waals surface area contributed by atoms with Crippen LogP contribution < -0.4 is 5.32 Å². The predicted octanol–water partition coefficient (Wildman–Crippen LogP) is 3.94. The lowest BCUT2D eigenvalue weighted by atomic mass is 10.1. The smallest absolute Gasteiger partial charge is 0.163 e. The molecule has 0 fully saturated rings. The molecule has 1 N–H and O–H groups in total. The van der Waals surface area contributed by atoms with Crippen LogP contribution in [0.25, 0.3) is 11.1 Å². The van der Waals surface area contributed by atoms with Gasteiger partial charge in [-0.05, 0) is 35.5 Å². The van der Waals surface area contributed by atoms with Crippen molar-refractivity contribution in [2.45, 2.75) is 18.0 Å². The largest absolute Gasteiger partial charge is 0.364 e. The predicted molar refractivity (Wildman–Crippen MR) is 103 cm³/mol. The fourth-order valence-electron chi connectivity index (χ4n) is 2.71. The van der Waals surface area contributed by atoms with E-state index in [1.807, 2.05) is 48.8 Å². The van der Waals surface area contributed by atoms with Crippen molar-refractivity contribution in [3.05, 3.63) is 78.2 Å². The molecule has 4 rings (SSSR count). The van der Waals surface area contributed by atoms with Crippen molar-refractivity contribution < 1.29 is 0 Å². The molecule has 0 saturated carbocycles. The van der Waals surface area contributed by atoms with Crippen molar-refractivity contribution in [2.24, 2.45) is 4.99 Å². The average Bonchev–Trinajstić information content (AvgIpc) is 2.69. The Hall–Kier alpha value is -2.66. The Labute approximate surface area is 151 Å². The second kappa shape index (κ2) is 7.49. The minimum Gasteiger partial charge on any atom is -0.364 e. The molecule has 0 bridgehead atoms. The summed E-state index contributed by atoms with van der Waals surface area (Å²) in [4.78, 5) is 13.6. The van der Waals surface area contributed by atoms with Gasteiger partial charge in [0.05, 0.1) is 6.54 Å². The minimum absolute atomic E-state index is 0.669. The summed E-state index contributed by atoms with van der Waals surface area (Å²) in [7, 11) is 0. The van der Waals surface area contributed by atoms with Gasteiger partial charge in [-0.2, -0.15) is 0 Å². The summed E-state index contributed by atoms with van der Waals surface area (Å²) in [5, 5.41) is 5.36. The standard InChI is InChI=1S/C20H18N4S/c1-2-6-15(7-3-1)16-12-17-14-24-20(25-19(17)23-13-16)22-11-9-18-8-4-5-10-21-18/h1-8,10,12-13H,9,11,14H2,(H,22,24). The molecule has 5 heteroatoms.